The van der Waals surface area contributed by atoms with Crippen LogP contribution in [-0.2, 0) is 35.7 Å². The summed E-state index contributed by atoms with van der Waals surface area (Å²) in [5, 5.41) is 2.31. The topological polar surface area (TPSA) is 78.5 Å². The van der Waals surface area contributed by atoms with Crippen LogP contribution in [0.4, 0.5) is 10.5 Å². The van der Waals surface area contributed by atoms with Crippen LogP contribution >= 0.6 is 0 Å². The van der Waals surface area contributed by atoms with Crippen LogP contribution < -0.4 is 10.0 Å². The van der Waals surface area contributed by atoms with Crippen LogP contribution in [0, 0.1) is 0 Å². The number of allylic oxidation sites excluding steroid dienone is 1. The molecule has 2 amide bonds. The molecule has 1 unspecified atom stereocenters. The standard InChI is InChI=1S/C22H31N3O3S/c1-14(2)17-11-18(13-25(3)12-17)29(27,28)24-22(26)23-21-19-8-4-6-15(19)10-16-7-5-9-20(16)21/h10,18H,4-9,11-13H2,1-3H3,(H2,23,24,26). The second kappa shape index (κ2) is 7.76. The number of nitrogens with zero attached hydrogens (tertiary/aromatic N) is 1. The van der Waals surface area contributed by atoms with Gasteiger partial charge in [0.2, 0.25) is 10.0 Å². The molecule has 0 saturated carbocycles. The number of likely N-dealkylation sites (N-methyl/N-ethyl adjacent to an activating group) is 1. The monoisotopic (exact) mass is 417 g/mol. The number of carbonyl (C=O) groups is 1. The third kappa shape index (κ3) is 4.08. The maximum Gasteiger partial charge on any atom is 0.332 e. The van der Waals surface area contributed by atoms with E-state index in [0.29, 0.717) is 13.0 Å². The third-order valence-electron chi connectivity index (χ3n) is 6.54. The molecule has 158 valence electrons. The number of urea groups is 1. The fourth-order valence-corrected chi connectivity index (χ4v) is 6.38. The summed E-state index contributed by atoms with van der Waals surface area (Å²) in [7, 11) is -1.85. The molecular formula is C22H31N3O3S. The van der Waals surface area contributed by atoms with Gasteiger partial charge in [0, 0.05) is 18.8 Å². The number of rotatable bonds is 3. The molecule has 0 radical (unpaired) electrons. The molecule has 1 aliphatic heterocycles. The van der Waals surface area contributed by atoms with Gasteiger partial charge in [0.1, 0.15) is 0 Å². The highest BCUT2D eigenvalue weighted by atomic mass is 32.2. The summed E-state index contributed by atoms with van der Waals surface area (Å²) in [6.45, 7) is 5.22. The second-order valence-electron chi connectivity index (χ2n) is 8.96. The predicted octanol–water partition coefficient (Wildman–Crippen LogP) is 3.16. The third-order valence-corrected chi connectivity index (χ3v) is 8.21. The van der Waals surface area contributed by atoms with Crippen LogP contribution in [0.3, 0.4) is 0 Å². The van der Waals surface area contributed by atoms with E-state index in [1.807, 2.05) is 25.8 Å². The van der Waals surface area contributed by atoms with Crippen molar-refractivity contribution in [2.45, 2.75) is 64.0 Å². The van der Waals surface area contributed by atoms with Crippen LogP contribution in [0.15, 0.2) is 17.2 Å². The van der Waals surface area contributed by atoms with Crippen molar-refractivity contribution in [3.63, 3.8) is 0 Å². The first-order chi connectivity index (χ1) is 13.7. The van der Waals surface area contributed by atoms with E-state index in [4.69, 9.17) is 0 Å². The number of piperidine rings is 1. The molecule has 6 nitrogen and oxygen atoms in total. The number of benzene rings is 1. The lowest BCUT2D eigenvalue weighted by atomic mass is 9.99. The highest BCUT2D eigenvalue weighted by Crippen LogP contribution is 2.38. The molecule has 1 aromatic rings. The van der Waals surface area contributed by atoms with Gasteiger partial charge in [-0.2, -0.15) is 0 Å². The number of likely N-dealkylation sites (tertiary alicyclic amines) is 1. The fourth-order valence-electron chi connectivity index (χ4n) is 5.03. The Morgan fingerprint density at radius 1 is 1.07 bits per heavy atom. The lowest BCUT2D eigenvalue weighted by molar-refractivity contribution is 0.256. The molecule has 0 bridgehead atoms. The van der Waals surface area contributed by atoms with E-state index < -0.39 is 21.3 Å². The average Bonchev–Trinajstić information content (AvgIpc) is 3.29. The normalized spacial score (nSPS) is 21.6. The SMILES string of the molecule is CC(C)=C1CC(S(=O)(=O)NC(=O)Nc2c3c(cc4c2CCC4)CCC3)CN(C)C1. The summed E-state index contributed by atoms with van der Waals surface area (Å²) in [6.07, 6.45) is 6.63. The van der Waals surface area contributed by atoms with Gasteiger partial charge in [-0.25, -0.2) is 17.9 Å². The van der Waals surface area contributed by atoms with Gasteiger partial charge in [-0.15, -0.1) is 0 Å². The highest BCUT2D eigenvalue weighted by Gasteiger charge is 2.34. The number of carbonyl (C=O) groups excluding carboxylic acids is 1. The van der Waals surface area contributed by atoms with Crippen molar-refractivity contribution in [1.29, 1.82) is 0 Å². The summed E-state index contributed by atoms with van der Waals surface area (Å²) < 4.78 is 28.2. The van der Waals surface area contributed by atoms with Crippen molar-refractivity contribution < 1.29 is 13.2 Å². The molecule has 0 aromatic heterocycles. The molecule has 1 aromatic carbocycles. The molecule has 2 N–H and O–H groups in total. The molecule has 1 heterocycles. The fraction of sp³-hybridized carbons (Fsp3) is 0.591. The number of hydrogen-bond acceptors (Lipinski definition) is 4. The summed E-state index contributed by atoms with van der Waals surface area (Å²) in [6, 6.07) is 1.66. The predicted molar refractivity (Wildman–Crippen MR) is 116 cm³/mol. The van der Waals surface area contributed by atoms with E-state index in [-0.39, 0.29) is 0 Å². The Kier molecular flexibility index (Phi) is 5.46. The Morgan fingerprint density at radius 2 is 1.69 bits per heavy atom. The molecule has 7 heteroatoms. The molecular weight excluding hydrogens is 386 g/mol. The van der Waals surface area contributed by atoms with E-state index in [2.05, 4.69) is 16.1 Å². The van der Waals surface area contributed by atoms with Crippen molar-refractivity contribution >= 4 is 21.7 Å². The molecule has 1 saturated heterocycles. The number of anilines is 1. The van der Waals surface area contributed by atoms with Gasteiger partial charge in [0.15, 0.2) is 0 Å². The number of sulfonamides is 1. The van der Waals surface area contributed by atoms with Gasteiger partial charge >= 0.3 is 6.03 Å². The van der Waals surface area contributed by atoms with Crippen LogP contribution in [0.2, 0.25) is 0 Å². The molecule has 1 atom stereocenters. The van der Waals surface area contributed by atoms with E-state index in [1.165, 1.54) is 22.3 Å². The summed E-state index contributed by atoms with van der Waals surface area (Å²) in [4.78, 5) is 14.7. The quantitative estimate of drug-likeness (QED) is 0.741. The molecule has 29 heavy (non-hydrogen) atoms. The maximum absolute atomic E-state index is 12.9. The Balaban J connectivity index is 1.53. The molecule has 2 aliphatic carbocycles. The molecule has 1 fully saturated rings. The van der Waals surface area contributed by atoms with E-state index in [9.17, 15) is 13.2 Å². The minimum absolute atomic E-state index is 0.426. The lowest BCUT2D eigenvalue weighted by Crippen LogP contribution is -2.48. The van der Waals surface area contributed by atoms with Gasteiger partial charge in [0.25, 0.3) is 0 Å². The zero-order chi connectivity index (χ0) is 20.8. The first kappa shape index (κ1) is 20.4. The van der Waals surface area contributed by atoms with E-state index in [0.717, 1.165) is 61.9 Å². The maximum atomic E-state index is 12.9. The molecule has 0 spiro atoms. The Hall–Kier alpha value is -1.86. The van der Waals surface area contributed by atoms with Gasteiger partial charge in [0.05, 0.1) is 5.25 Å². The van der Waals surface area contributed by atoms with E-state index in [1.54, 1.807) is 0 Å². The second-order valence-corrected chi connectivity index (χ2v) is 10.9. The Morgan fingerprint density at radius 3 is 2.28 bits per heavy atom. The smallest absolute Gasteiger partial charge is 0.307 e. The highest BCUT2D eigenvalue weighted by molar-refractivity contribution is 7.90. The van der Waals surface area contributed by atoms with Gasteiger partial charge < -0.3 is 10.2 Å². The number of nitrogens with one attached hydrogen (secondary N) is 2. The van der Waals surface area contributed by atoms with Gasteiger partial charge in [-0.05, 0) is 88.1 Å². The van der Waals surface area contributed by atoms with Gasteiger partial charge in [-0.3, -0.25) is 0 Å². The van der Waals surface area contributed by atoms with Crippen molar-refractivity contribution in [1.82, 2.24) is 9.62 Å². The summed E-state index contributed by atoms with van der Waals surface area (Å²) >= 11 is 0. The number of amides is 2. The van der Waals surface area contributed by atoms with Crippen LogP contribution in [0.25, 0.3) is 0 Å². The van der Waals surface area contributed by atoms with Crippen molar-refractivity contribution in [3.8, 4) is 0 Å². The first-order valence-electron chi connectivity index (χ1n) is 10.6. The van der Waals surface area contributed by atoms with Crippen LogP contribution in [-0.4, -0.2) is 44.7 Å². The van der Waals surface area contributed by atoms with Crippen molar-refractivity contribution in [3.05, 3.63) is 39.5 Å². The minimum Gasteiger partial charge on any atom is -0.307 e. The zero-order valence-electron chi connectivity index (χ0n) is 17.6. The number of aryl methyl sites for hydroxylation is 2. The molecule has 4 rings (SSSR count). The van der Waals surface area contributed by atoms with E-state index >= 15 is 0 Å². The van der Waals surface area contributed by atoms with Crippen LogP contribution in [0.5, 0.6) is 0 Å². The largest absolute Gasteiger partial charge is 0.332 e. The zero-order valence-corrected chi connectivity index (χ0v) is 18.4. The average molecular weight is 418 g/mol. The first-order valence-corrected chi connectivity index (χ1v) is 12.1. The van der Waals surface area contributed by atoms with Gasteiger partial charge in [-0.1, -0.05) is 17.2 Å². The van der Waals surface area contributed by atoms with Crippen molar-refractivity contribution in [2.75, 3.05) is 25.5 Å². The number of hydrogen-bond donors (Lipinski definition) is 2. The minimum atomic E-state index is -3.77. The summed E-state index contributed by atoms with van der Waals surface area (Å²) in [5.41, 5.74) is 8.16. The number of fused-ring (bicyclic) bond motifs is 2. The Labute approximate surface area is 173 Å². The molecule has 3 aliphatic rings. The summed E-state index contributed by atoms with van der Waals surface area (Å²) in [5.74, 6) is 0. The lowest BCUT2D eigenvalue weighted by Gasteiger charge is -2.32. The van der Waals surface area contributed by atoms with Crippen molar-refractivity contribution in [2.24, 2.45) is 0 Å². The van der Waals surface area contributed by atoms with Crippen LogP contribution in [0.1, 0.15) is 55.4 Å². The Bertz CT molecular complexity index is 945.